The third kappa shape index (κ3) is 5.66. The van der Waals surface area contributed by atoms with E-state index in [1.165, 1.54) is 18.3 Å². The van der Waals surface area contributed by atoms with Crippen LogP contribution in [0.15, 0.2) is 95.7 Å². The Hall–Kier alpha value is -3.96. The Balaban J connectivity index is 0.000000231. The van der Waals surface area contributed by atoms with Crippen LogP contribution in [0.1, 0.15) is 38.8 Å². The second-order valence-corrected chi connectivity index (χ2v) is 12.4. The molecule has 4 aromatic carbocycles. The molecule has 0 aliphatic rings. The average Bonchev–Trinajstić information content (AvgIpc) is 3.62. The summed E-state index contributed by atoms with van der Waals surface area (Å²) >= 11 is 1.54. The van der Waals surface area contributed by atoms with Crippen LogP contribution in [0.3, 0.4) is 0 Å². The Bertz CT molecular complexity index is 2500. The molecular weight excluding hydrogens is 744 g/mol. The van der Waals surface area contributed by atoms with Crippen molar-refractivity contribution in [3.8, 4) is 11.3 Å². The zero-order valence-corrected chi connectivity index (χ0v) is 27.3. The molecule has 0 aliphatic carbocycles. The fourth-order valence-corrected chi connectivity index (χ4v) is 6.32. The van der Waals surface area contributed by atoms with E-state index in [0.29, 0.717) is 16.8 Å². The van der Waals surface area contributed by atoms with Gasteiger partial charge in [0.15, 0.2) is 0 Å². The van der Waals surface area contributed by atoms with E-state index < -0.39 is 18.6 Å². The van der Waals surface area contributed by atoms with Gasteiger partial charge in [0.05, 0.1) is 5.58 Å². The van der Waals surface area contributed by atoms with Crippen molar-refractivity contribution in [2.75, 3.05) is 0 Å². The van der Waals surface area contributed by atoms with Gasteiger partial charge >= 0.3 is 0 Å². The smallest absolute Gasteiger partial charge is 0.128 e. The summed E-state index contributed by atoms with van der Waals surface area (Å²) in [5, 5.41) is 4.84. The molecule has 0 bridgehead atoms. The fraction of sp³-hybridized carbons (Fsp3) is 0.158. The van der Waals surface area contributed by atoms with Crippen molar-refractivity contribution in [1.82, 2.24) is 9.97 Å². The second kappa shape index (κ2) is 11.9. The maximum Gasteiger partial charge on any atom is 0.128 e. The number of aromatic nitrogens is 2. The van der Waals surface area contributed by atoms with E-state index in [9.17, 15) is 4.39 Å². The second-order valence-electron chi connectivity index (χ2n) is 11.4. The number of furan rings is 1. The molecule has 4 heterocycles. The van der Waals surface area contributed by atoms with Crippen molar-refractivity contribution in [3.63, 3.8) is 0 Å². The molecular formula is C38H29FIrN2OS-2. The monoisotopic (exact) mass is 778 g/mol. The van der Waals surface area contributed by atoms with Crippen LogP contribution in [0.4, 0.5) is 4.39 Å². The number of thiophene rings is 1. The summed E-state index contributed by atoms with van der Waals surface area (Å²) in [6, 6.07) is 30.2. The van der Waals surface area contributed by atoms with E-state index in [2.05, 4.69) is 28.2 Å². The predicted octanol–water partition coefficient (Wildman–Crippen LogP) is 10.9. The number of nitrogens with zero attached hydrogens (tertiary/aromatic N) is 2. The van der Waals surface area contributed by atoms with E-state index in [0.717, 1.165) is 47.4 Å². The summed E-state index contributed by atoms with van der Waals surface area (Å²) < 4.78 is 62.7. The van der Waals surface area contributed by atoms with Crippen LogP contribution in [-0.4, -0.2) is 9.97 Å². The molecule has 3 nitrogen and oxygen atoms in total. The zero-order chi connectivity index (χ0) is 34.0. The van der Waals surface area contributed by atoms with Crippen LogP contribution in [-0.2, 0) is 26.5 Å². The van der Waals surface area contributed by atoms with Gasteiger partial charge in [0.1, 0.15) is 5.58 Å². The van der Waals surface area contributed by atoms with Crippen molar-refractivity contribution >= 4 is 64.4 Å². The molecule has 6 heteroatoms. The van der Waals surface area contributed by atoms with Gasteiger partial charge in [0.25, 0.3) is 0 Å². The summed E-state index contributed by atoms with van der Waals surface area (Å²) in [5.41, 5.74) is 2.44. The van der Waals surface area contributed by atoms with Gasteiger partial charge in [-0.25, -0.2) is 0 Å². The topological polar surface area (TPSA) is 38.9 Å². The van der Waals surface area contributed by atoms with Gasteiger partial charge in [-0.3, -0.25) is 4.39 Å². The normalized spacial score (nSPS) is 14.0. The molecule has 221 valence electrons. The Kier molecular flexibility index (Phi) is 6.56. The number of hydrogen-bond donors (Lipinski definition) is 0. The molecule has 1 radical (unpaired) electrons. The predicted molar refractivity (Wildman–Crippen MR) is 177 cm³/mol. The third-order valence-corrected chi connectivity index (χ3v) is 8.18. The number of benzene rings is 4. The maximum atomic E-state index is 12.9. The number of halogens is 1. The Morgan fingerprint density at radius 2 is 1.77 bits per heavy atom. The van der Waals surface area contributed by atoms with Crippen molar-refractivity contribution < 1.29 is 35.8 Å². The van der Waals surface area contributed by atoms with Gasteiger partial charge in [-0.05, 0) is 41.3 Å². The van der Waals surface area contributed by atoms with E-state index >= 15 is 0 Å². The zero-order valence-electron chi connectivity index (χ0n) is 29.1. The van der Waals surface area contributed by atoms with Crippen LogP contribution in [0.25, 0.3) is 64.3 Å². The minimum absolute atomic E-state index is 0. The van der Waals surface area contributed by atoms with Gasteiger partial charge < -0.3 is 14.4 Å². The molecule has 8 rings (SSSR count). The number of hydrogen-bond acceptors (Lipinski definition) is 4. The fourth-order valence-electron chi connectivity index (χ4n) is 5.26. The first-order valence-electron chi connectivity index (χ1n) is 16.3. The molecule has 8 aromatic rings. The van der Waals surface area contributed by atoms with Crippen LogP contribution >= 0.6 is 11.3 Å². The molecule has 0 amide bonds. The number of fused-ring (bicyclic) bond motifs is 8. The van der Waals surface area contributed by atoms with Gasteiger partial charge in [0.2, 0.25) is 0 Å². The molecule has 0 saturated carbocycles. The molecule has 0 aliphatic heterocycles. The van der Waals surface area contributed by atoms with E-state index in [4.69, 9.17) is 11.3 Å². The van der Waals surface area contributed by atoms with Crippen LogP contribution in [0, 0.1) is 30.2 Å². The third-order valence-electron chi connectivity index (χ3n) is 7.09. The molecule has 0 fully saturated rings. The summed E-state index contributed by atoms with van der Waals surface area (Å²) in [7, 11) is 0. The van der Waals surface area contributed by atoms with Crippen LogP contribution in [0.2, 0.25) is 0 Å². The molecule has 0 spiro atoms. The molecule has 0 atom stereocenters. The number of pyridine rings is 2. The molecule has 0 saturated heterocycles. The first-order chi connectivity index (χ1) is 22.7. The van der Waals surface area contributed by atoms with Gasteiger partial charge in [-0.2, -0.15) is 11.3 Å². The first kappa shape index (κ1) is 24.4. The summed E-state index contributed by atoms with van der Waals surface area (Å²) in [4.78, 5) is 8.69. The van der Waals surface area contributed by atoms with E-state index in [1.807, 2.05) is 48.5 Å². The maximum absolute atomic E-state index is 12.9. The minimum Gasteiger partial charge on any atom is -0.500 e. The minimum atomic E-state index is -2.49. The number of aryl methyl sites for hydroxylation is 1. The van der Waals surface area contributed by atoms with E-state index in [1.54, 1.807) is 50.4 Å². The van der Waals surface area contributed by atoms with E-state index in [-0.39, 0.29) is 37.0 Å². The Labute approximate surface area is 280 Å². The SMILES string of the molecule is Fc1c[c-]c2c(c1)sc1cccnc12.[2H]C([2H])([2H])c1cnc(-c2[c-]ccc3c2oc2c4ccccc4ccc32)cc1C([2H])([2H])C(C)(C)C.[Ir]. The largest absolute Gasteiger partial charge is 0.500 e. The van der Waals surface area contributed by atoms with Crippen LogP contribution in [0.5, 0.6) is 0 Å². The Morgan fingerprint density at radius 1 is 0.932 bits per heavy atom. The van der Waals surface area contributed by atoms with Crippen molar-refractivity contribution in [2.24, 2.45) is 5.41 Å². The van der Waals surface area contributed by atoms with Crippen molar-refractivity contribution in [2.45, 2.75) is 34.0 Å². The average molecular weight is 778 g/mol. The van der Waals surface area contributed by atoms with Gasteiger partial charge in [-0.15, -0.1) is 35.7 Å². The van der Waals surface area contributed by atoms with Crippen LogP contribution < -0.4 is 0 Å². The standard InChI is InChI=1S/C27H24NO.C11H5FNS.Ir/c1-17-16-28-24(14-19(17)15-27(2,3)4)23-11-7-10-21-22-13-12-18-8-5-6-9-20(18)25(22)29-26(21)23;12-7-3-4-8-10(6-7)14-9-2-1-5-13-11(8)9;/h5-10,12-14,16H,15H2,1-4H3;1-3,5-6H;/q2*-1;/i1D3,15D2;;. The first-order valence-corrected chi connectivity index (χ1v) is 14.7. The number of rotatable bonds is 2. The molecule has 0 N–H and O–H groups in total. The molecule has 0 unspecified atom stereocenters. The van der Waals surface area contributed by atoms with Gasteiger partial charge in [0, 0.05) is 66.2 Å². The quantitative estimate of drug-likeness (QED) is 0.164. The van der Waals surface area contributed by atoms with Crippen molar-refractivity contribution in [3.05, 3.63) is 120 Å². The summed E-state index contributed by atoms with van der Waals surface area (Å²) in [6.45, 7) is 2.78. The summed E-state index contributed by atoms with van der Waals surface area (Å²) in [5.74, 6) is -0.246. The summed E-state index contributed by atoms with van der Waals surface area (Å²) in [6.07, 6.45) is 1.10. The van der Waals surface area contributed by atoms with Crippen molar-refractivity contribution in [1.29, 1.82) is 0 Å². The molecule has 44 heavy (non-hydrogen) atoms. The Morgan fingerprint density at radius 3 is 2.61 bits per heavy atom. The molecule has 4 aromatic heterocycles. The van der Waals surface area contributed by atoms with Gasteiger partial charge in [-0.1, -0.05) is 96.6 Å².